The van der Waals surface area contributed by atoms with Crippen LogP contribution in [0.4, 0.5) is 5.95 Å². The first-order valence-electron chi connectivity index (χ1n) is 6.78. The molecule has 1 saturated heterocycles. The second kappa shape index (κ2) is 7.23. The Morgan fingerprint density at radius 1 is 1.27 bits per heavy atom. The van der Waals surface area contributed by atoms with Gasteiger partial charge in [-0.25, -0.2) is 9.97 Å². The number of hydrogen-bond acceptors (Lipinski definition) is 8. The van der Waals surface area contributed by atoms with E-state index >= 15 is 0 Å². The highest BCUT2D eigenvalue weighted by Crippen LogP contribution is 2.14. The molecule has 2 aromatic rings. The summed E-state index contributed by atoms with van der Waals surface area (Å²) in [6.07, 6.45) is 3.36. The summed E-state index contributed by atoms with van der Waals surface area (Å²) in [5.74, 6) is 1.10. The Bertz CT molecular complexity index is 622. The smallest absolute Gasteiger partial charge is 0.225 e. The van der Waals surface area contributed by atoms with Gasteiger partial charge in [0.25, 0.3) is 0 Å². The van der Waals surface area contributed by atoms with Crippen LogP contribution in [-0.2, 0) is 11.3 Å². The number of tetrazole rings is 1. The van der Waals surface area contributed by atoms with Crippen LogP contribution in [0.1, 0.15) is 6.92 Å². The summed E-state index contributed by atoms with van der Waals surface area (Å²) in [5, 5.41) is 15.2. The third-order valence-electron chi connectivity index (χ3n) is 3.11. The molecule has 3 rings (SSSR count). The lowest BCUT2D eigenvalue weighted by Crippen LogP contribution is -2.44. The topological polar surface area (TPSA) is 102 Å². The number of rotatable bonds is 4. The van der Waals surface area contributed by atoms with Gasteiger partial charge in [-0.15, -0.1) is 22.6 Å². The maximum Gasteiger partial charge on any atom is 0.225 e. The molecule has 1 aliphatic rings. The van der Waals surface area contributed by atoms with Crippen LogP contribution in [0.5, 0.6) is 0 Å². The predicted molar refractivity (Wildman–Crippen MR) is 81.9 cm³/mol. The number of carbonyl (C=O) groups is 1. The first-order chi connectivity index (χ1) is 10.2. The maximum atomic E-state index is 11.0. The van der Waals surface area contributed by atoms with E-state index in [2.05, 4.69) is 35.6 Å². The molecule has 0 amide bonds. The summed E-state index contributed by atoms with van der Waals surface area (Å²) < 4.78 is 0. The number of piperazine rings is 1. The van der Waals surface area contributed by atoms with E-state index in [9.17, 15) is 4.79 Å². The standard InChI is InChI=1S/C12H16N8O.ClH/c1-9(21)8-20-17-11(16-18-20)10-6-14-12(15-7-10)19-4-2-13-3-5-19;/h6-7,13H,2-5,8H2,1H3;1H. The highest BCUT2D eigenvalue weighted by atomic mass is 35.5. The molecule has 1 N–H and O–H groups in total. The molecule has 0 aliphatic carbocycles. The van der Waals surface area contributed by atoms with Crippen LogP contribution in [0.25, 0.3) is 11.4 Å². The van der Waals surface area contributed by atoms with E-state index in [-0.39, 0.29) is 24.7 Å². The van der Waals surface area contributed by atoms with Crippen molar-refractivity contribution in [3.05, 3.63) is 12.4 Å². The first-order valence-corrected chi connectivity index (χ1v) is 6.78. The summed E-state index contributed by atoms with van der Waals surface area (Å²) in [6.45, 7) is 5.26. The molecule has 22 heavy (non-hydrogen) atoms. The van der Waals surface area contributed by atoms with Crippen LogP contribution >= 0.6 is 12.4 Å². The number of carbonyl (C=O) groups excluding carboxylic acids is 1. The Hall–Kier alpha value is -2.13. The number of Topliss-reactive ketones (excluding diaryl/α,β-unsaturated/α-hetero) is 1. The van der Waals surface area contributed by atoms with Gasteiger partial charge in [0.1, 0.15) is 6.54 Å². The summed E-state index contributed by atoms with van der Waals surface area (Å²) >= 11 is 0. The molecule has 10 heteroatoms. The molecule has 0 unspecified atom stereocenters. The zero-order valence-electron chi connectivity index (χ0n) is 12.1. The lowest BCUT2D eigenvalue weighted by Gasteiger charge is -2.27. The Kier molecular flexibility index (Phi) is 5.34. The van der Waals surface area contributed by atoms with E-state index in [4.69, 9.17) is 0 Å². The molecule has 0 bridgehead atoms. The summed E-state index contributed by atoms with van der Waals surface area (Å²) in [7, 11) is 0. The number of anilines is 1. The Morgan fingerprint density at radius 3 is 2.59 bits per heavy atom. The van der Waals surface area contributed by atoms with E-state index in [0.717, 1.165) is 26.2 Å². The molecule has 118 valence electrons. The van der Waals surface area contributed by atoms with E-state index in [1.54, 1.807) is 12.4 Å². The third-order valence-corrected chi connectivity index (χ3v) is 3.11. The summed E-state index contributed by atoms with van der Waals surface area (Å²) in [5.41, 5.74) is 0.684. The Balaban J connectivity index is 0.00000176. The van der Waals surface area contributed by atoms with Crippen molar-refractivity contribution < 1.29 is 4.79 Å². The van der Waals surface area contributed by atoms with Crippen LogP contribution in [0.2, 0.25) is 0 Å². The van der Waals surface area contributed by atoms with Crippen LogP contribution in [0, 0.1) is 0 Å². The van der Waals surface area contributed by atoms with Gasteiger partial charge in [0, 0.05) is 38.6 Å². The molecule has 0 atom stereocenters. The van der Waals surface area contributed by atoms with Gasteiger partial charge in [0.2, 0.25) is 11.8 Å². The minimum absolute atomic E-state index is 0. The average Bonchev–Trinajstić information content (AvgIpc) is 2.96. The molecule has 0 radical (unpaired) electrons. The van der Waals surface area contributed by atoms with Crippen molar-refractivity contribution in [2.24, 2.45) is 0 Å². The van der Waals surface area contributed by atoms with E-state index in [1.807, 2.05) is 0 Å². The molecule has 9 nitrogen and oxygen atoms in total. The highest BCUT2D eigenvalue weighted by molar-refractivity contribution is 5.85. The number of nitrogens with one attached hydrogen (secondary N) is 1. The zero-order chi connectivity index (χ0) is 14.7. The van der Waals surface area contributed by atoms with Gasteiger partial charge in [0.15, 0.2) is 5.78 Å². The largest absolute Gasteiger partial charge is 0.338 e. The molecule has 3 heterocycles. The van der Waals surface area contributed by atoms with Gasteiger partial charge in [-0.1, -0.05) is 0 Å². The van der Waals surface area contributed by atoms with Gasteiger partial charge in [0.05, 0.1) is 5.56 Å². The van der Waals surface area contributed by atoms with Crippen molar-refractivity contribution in [1.82, 2.24) is 35.5 Å². The molecule has 1 fully saturated rings. The maximum absolute atomic E-state index is 11.0. The normalized spacial score (nSPS) is 14.5. The van der Waals surface area contributed by atoms with Gasteiger partial charge in [-0.2, -0.15) is 4.80 Å². The minimum Gasteiger partial charge on any atom is -0.338 e. The van der Waals surface area contributed by atoms with Gasteiger partial charge in [-0.05, 0) is 12.1 Å². The lowest BCUT2D eigenvalue weighted by molar-refractivity contribution is -0.117. The second-order valence-electron chi connectivity index (χ2n) is 4.85. The van der Waals surface area contributed by atoms with Gasteiger partial charge >= 0.3 is 0 Å². The molecular formula is C12H17ClN8O. The summed E-state index contributed by atoms with van der Waals surface area (Å²) in [4.78, 5) is 23.1. The molecule has 1 aliphatic heterocycles. The number of halogens is 1. The van der Waals surface area contributed by atoms with Crippen LogP contribution < -0.4 is 10.2 Å². The monoisotopic (exact) mass is 324 g/mol. The lowest BCUT2D eigenvalue weighted by atomic mass is 10.3. The Labute approximate surface area is 133 Å². The summed E-state index contributed by atoms with van der Waals surface area (Å²) in [6, 6.07) is 0. The fraction of sp³-hybridized carbons (Fsp3) is 0.500. The fourth-order valence-corrected chi connectivity index (χ4v) is 2.09. The first kappa shape index (κ1) is 16.2. The second-order valence-corrected chi connectivity index (χ2v) is 4.85. The Morgan fingerprint density at radius 2 is 1.95 bits per heavy atom. The number of aromatic nitrogens is 6. The number of ketones is 1. The third kappa shape index (κ3) is 3.74. The van der Waals surface area contributed by atoms with Crippen molar-refractivity contribution in [2.45, 2.75) is 13.5 Å². The quantitative estimate of drug-likeness (QED) is 0.807. The van der Waals surface area contributed by atoms with E-state index < -0.39 is 0 Å². The average molecular weight is 325 g/mol. The van der Waals surface area contributed by atoms with Gasteiger partial charge < -0.3 is 10.2 Å². The highest BCUT2D eigenvalue weighted by Gasteiger charge is 2.14. The fourth-order valence-electron chi connectivity index (χ4n) is 2.09. The van der Waals surface area contributed by atoms with Crippen LogP contribution in [0.15, 0.2) is 12.4 Å². The van der Waals surface area contributed by atoms with Crippen LogP contribution in [0.3, 0.4) is 0 Å². The van der Waals surface area contributed by atoms with E-state index in [0.29, 0.717) is 17.3 Å². The molecule has 0 spiro atoms. The SMILES string of the molecule is CC(=O)Cn1nnc(-c2cnc(N3CCNCC3)nc2)n1.Cl. The molecule has 0 saturated carbocycles. The van der Waals surface area contributed by atoms with Crippen molar-refractivity contribution in [3.63, 3.8) is 0 Å². The molecular weight excluding hydrogens is 308 g/mol. The van der Waals surface area contributed by atoms with Gasteiger partial charge in [-0.3, -0.25) is 4.79 Å². The zero-order valence-corrected chi connectivity index (χ0v) is 13.0. The minimum atomic E-state index is -0.0238. The molecule has 2 aromatic heterocycles. The van der Waals surface area contributed by atoms with E-state index in [1.165, 1.54) is 11.7 Å². The van der Waals surface area contributed by atoms with Crippen molar-refractivity contribution >= 4 is 24.1 Å². The van der Waals surface area contributed by atoms with Crippen LogP contribution in [-0.4, -0.2) is 62.1 Å². The predicted octanol–water partition coefficient (Wildman–Crippen LogP) is -0.450. The van der Waals surface area contributed by atoms with Crippen molar-refractivity contribution in [2.75, 3.05) is 31.1 Å². The number of nitrogens with zero attached hydrogens (tertiary/aromatic N) is 7. The molecule has 0 aromatic carbocycles. The van der Waals surface area contributed by atoms with Crippen molar-refractivity contribution in [1.29, 1.82) is 0 Å². The van der Waals surface area contributed by atoms with Crippen molar-refractivity contribution in [3.8, 4) is 11.4 Å². The number of hydrogen-bond donors (Lipinski definition) is 1.